The van der Waals surface area contributed by atoms with Crippen LogP contribution in [0.25, 0.3) is 0 Å². The second kappa shape index (κ2) is 4.57. The van der Waals surface area contributed by atoms with Crippen molar-refractivity contribution in [3.8, 4) is 0 Å². The molecular formula is C10H15NO2S. The smallest absolute Gasteiger partial charge is 0.209 e. The van der Waals surface area contributed by atoms with E-state index in [-0.39, 0.29) is 11.7 Å². The van der Waals surface area contributed by atoms with Crippen LogP contribution in [0.2, 0.25) is 0 Å². The van der Waals surface area contributed by atoms with Gasteiger partial charge in [0.15, 0.2) is 0 Å². The van der Waals surface area contributed by atoms with Gasteiger partial charge in [0.2, 0.25) is 10.0 Å². The van der Waals surface area contributed by atoms with Crippen molar-refractivity contribution in [1.29, 1.82) is 0 Å². The van der Waals surface area contributed by atoms with Crippen molar-refractivity contribution in [1.82, 2.24) is 0 Å². The third kappa shape index (κ3) is 3.47. The minimum atomic E-state index is -3.38. The predicted molar refractivity (Wildman–Crippen MR) is 57.4 cm³/mol. The lowest BCUT2D eigenvalue weighted by Gasteiger charge is -2.13. The fourth-order valence-electron chi connectivity index (χ4n) is 1.46. The SMILES string of the molecule is CCC(CS(N)(=O)=O)c1ccccc1. The van der Waals surface area contributed by atoms with Crippen LogP contribution in [-0.4, -0.2) is 14.2 Å². The highest BCUT2D eigenvalue weighted by atomic mass is 32.2. The van der Waals surface area contributed by atoms with Crippen LogP contribution < -0.4 is 5.14 Å². The molecule has 2 N–H and O–H groups in total. The van der Waals surface area contributed by atoms with Crippen molar-refractivity contribution in [3.05, 3.63) is 35.9 Å². The van der Waals surface area contributed by atoms with E-state index in [2.05, 4.69) is 0 Å². The van der Waals surface area contributed by atoms with Gasteiger partial charge >= 0.3 is 0 Å². The molecule has 1 atom stereocenters. The lowest BCUT2D eigenvalue weighted by molar-refractivity contribution is 0.586. The Morgan fingerprint density at radius 3 is 2.29 bits per heavy atom. The fraction of sp³-hybridized carbons (Fsp3) is 0.400. The molecule has 0 radical (unpaired) electrons. The zero-order chi connectivity index (χ0) is 10.6. The molecule has 1 unspecified atom stereocenters. The number of hydrogen-bond donors (Lipinski definition) is 1. The third-order valence-electron chi connectivity index (χ3n) is 2.20. The predicted octanol–water partition coefficient (Wildman–Crippen LogP) is 1.47. The Kier molecular flexibility index (Phi) is 3.66. The zero-order valence-electron chi connectivity index (χ0n) is 8.18. The average molecular weight is 213 g/mol. The molecular weight excluding hydrogens is 198 g/mol. The number of nitrogens with two attached hydrogens (primary N) is 1. The number of primary sulfonamides is 1. The van der Waals surface area contributed by atoms with E-state index in [1.54, 1.807) is 0 Å². The summed E-state index contributed by atoms with van der Waals surface area (Å²) in [5.41, 5.74) is 1.03. The van der Waals surface area contributed by atoms with Crippen molar-refractivity contribution in [2.24, 2.45) is 5.14 Å². The fourth-order valence-corrected chi connectivity index (χ4v) is 2.44. The van der Waals surface area contributed by atoms with Crippen LogP contribution in [0.1, 0.15) is 24.8 Å². The second-order valence-electron chi connectivity index (χ2n) is 3.35. The van der Waals surface area contributed by atoms with Crippen LogP contribution in [0.4, 0.5) is 0 Å². The average Bonchev–Trinajstić information content (AvgIpc) is 2.14. The van der Waals surface area contributed by atoms with Gasteiger partial charge in [-0.15, -0.1) is 0 Å². The van der Waals surface area contributed by atoms with E-state index >= 15 is 0 Å². The van der Waals surface area contributed by atoms with Gasteiger partial charge in [0.1, 0.15) is 0 Å². The highest BCUT2D eigenvalue weighted by Crippen LogP contribution is 2.19. The Hall–Kier alpha value is -0.870. The molecule has 0 heterocycles. The molecule has 4 heteroatoms. The molecule has 1 rings (SSSR count). The highest BCUT2D eigenvalue weighted by molar-refractivity contribution is 7.89. The van der Waals surface area contributed by atoms with E-state index in [1.807, 2.05) is 37.3 Å². The maximum absolute atomic E-state index is 11.0. The lowest BCUT2D eigenvalue weighted by atomic mass is 9.99. The summed E-state index contributed by atoms with van der Waals surface area (Å²) >= 11 is 0. The molecule has 0 bridgehead atoms. The van der Waals surface area contributed by atoms with Gasteiger partial charge in [0.05, 0.1) is 5.75 Å². The quantitative estimate of drug-likeness (QED) is 0.823. The first-order valence-corrected chi connectivity index (χ1v) is 6.30. The summed E-state index contributed by atoms with van der Waals surface area (Å²) in [7, 11) is -3.38. The minimum absolute atomic E-state index is 0.00574. The van der Waals surface area contributed by atoms with Gasteiger partial charge in [0.25, 0.3) is 0 Å². The van der Waals surface area contributed by atoms with Crippen LogP contribution in [0.5, 0.6) is 0 Å². The van der Waals surface area contributed by atoms with E-state index in [9.17, 15) is 8.42 Å². The van der Waals surface area contributed by atoms with E-state index in [0.29, 0.717) is 0 Å². The van der Waals surface area contributed by atoms with E-state index in [4.69, 9.17) is 5.14 Å². The molecule has 0 amide bonds. The Bertz CT molecular complexity index is 372. The maximum atomic E-state index is 11.0. The van der Waals surface area contributed by atoms with Gasteiger partial charge in [-0.25, -0.2) is 13.6 Å². The topological polar surface area (TPSA) is 60.2 Å². The summed E-state index contributed by atoms with van der Waals surface area (Å²) in [6, 6.07) is 9.58. The summed E-state index contributed by atoms with van der Waals surface area (Å²) in [6.07, 6.45) is 0.778. The number of hydrogen-bond acceptors (Lipinski definition) is 2. The first-order chi connectivity index (χ1) is 6.53. The van der Waals surface area contributed by atoms with Crippen LogP contribution in [0.15, 0.2) is 30.3 Å². The molecule has 14 heavy (non-hydrogen) atoms. The van der Waals surface area contributed by atoms with Crippen molar-refractivity contribution in [2.45, 2.75) is 19.3 Å². The van der Waals surface area contributed by atoms with E-state index < -0.39 is 10.0 Å². The molecule has 1 aromatic rings. The molecule has 0 aliphatic carbocycles. The largest absolute Gasteiger partial charge is 0.229 e. The van der Waals surface area contributed by atoms with Crippen LogP contribution >= 0.6 is 0 Å². The van der Waals surface area contributed by atoms with Crippen molar-refractivity contribution in [3.63, 3.8) is 0 Å². The van der Waals surface area contributed by atoms with Crippen molar-refractivity contribution >= 4 is 10.0 Å². The van der Waals surface area contributed by atoms with Crippen molar-refractivity contribution in [2.75, 3.05) is 5.75 Å². The van der Waals surface area contributed by atoms with E-state index in [0.717, 1.165) is 12.0 Å². The molecule has 0 saturated carbocycles. The lowest BCUT2D eigenvalue weighted by Crippen LogP contribution is -2.21. The molecule has 0 fully saturated rings. The maximum Gasteiger partial charge on any atom is 0.209 e. The van der Waals surface area contributed by atoms with E-state index in [1.165, 1.54) is 0 Å². The second-order valence-corrected chi connectivity index (χ2v) is 5.00. The van der Waals surface area contributed by atoms with Crippen molar-refractivity contribution < 1.29 is 8.42 Å². The molecule has 0 aromatic heterocycles. The van der Waals surface area contributed by atoms with Crippen LogP contribution in [-0.2, 0) is 10.0 Å². The summed E-state index contributed by atoms with van der Waals surface area (Å²) in [4.78, 5) is 0. The van der Waals surface area contributed by atoms with Gasteiger partial charge in [-0.05, 0) is 17.9 Å². The number of benzene rings is 1. The first kappa shape index (κ1) is 11.2. The van der Waals surface area contributed by atoms with Crippen LogP contribution in [0, 0.1) is 0 Å². The summed E-state index contributed by atoms with van der Waals surface area (Å²) in [5, 5.41) is 5.02. The summed E-state index contributed by atoms with van der Waals surface area (Å²) in [5.74, 6) is 0.0271. The summed E-state index contributed by atoms with van der Waals surface area (Å²) in [6.45, 7) is 1.96. The molecule has 3 nitrogen and oxygen atoms in total. The first-order valence-electron chi connectivity index (χ1n) is 4.58. The van der Waals surface area contributed by atoms with Gasteiger partial charge in [-0.1, -0.05) is 37.3 Å². The van der Waals surface area contributed by atoms with Crippen LogP contribution in [0.3, 0.4) is 0 Å². The zero-order valence-corrected chi connectivity index (χ0v) is 9.00. The standard InChI is InChI=1S/C10H15NO2S/c1-2-9(8-14(11,12)13)10-6-4-3-5-7-10/h3-7,9H,2,8H2,1H3,(H2,11,12,13). The third-order valence-corrected chi connectivity index (χ3v) is 3.06. The Labute approximate surface area is 85.0 Å². The Balaban J connectivity index is 2.84. The summed E-state index contributed by atoms with van der Waals surface area (Å²) < 4.78 is 21.9. The molecule has 0 saturated heterocycles. The molecule has 1 aromatic carbocycles. The minimum Gasteiger partial charge on any atom is -0.229 e. The normalized spacial score (nSPS) is 13.9. The molecule has 0 spiro atoms. The van der Waals surface area contributed by atoms with Gasteiger partial charge in [0, 0.05) is 0 Å². The molecule has 0 aliphatic rings. The Morgan fingerprint density at radius 2 is 1.86 bits per heavy atom. The van der Waals surface area contributed by atoms with Gasteiger partial charge < -0.3 is 0 Å². The highest BCUT2D eigenvalue weighted by Gasteiger charge is 2.15. The molecule has 0 aliphatic heterocycles. The molecule has 78 valence electrons. The monoisotopic (exact) mass is 213 g/mol. The van der Waals surface area contributed by atoms with Gasteiger partial charge in [-0.3, -0.25) is 0 Å². The Morgan fingerprint density at radius 1 is 1.29 bits per heavy atom. The number of rotatable bonds is 4. The van der Waals surface area contributed by atoms with Gasteiger partial charge in [-0.2, -0.15) is 0 Å². The number of sulfonamides is 1.